The van der Waals surface area contributed by atoms with Gasteiger partial charge < -0.3 is 20.1 Å². The van der Waals surface area contributed by atoms with Crippen LogP contribution in [0, 0.1) is 50.7 Å². The van der Waals surface area contributed by atoms with Crippen LogP contribution in [0.15, 0.2) is 23.3 Å². The van der Waals surface area contributed by atoms with Crippen molar-refractivity contribution in [3.63, 3.8) is 0 Å². The third-order valence-electron chi connectivity index (χ3n) is 14.2. The van der Waals surface area contributed by atoms with Gasteiger partial charge in [0, 0.05) is 12.0 Å². The first-order valence-corrected chi connectivity index (χ1v) is 16.0. The van der Waals surface area contributed by atoms with Gasteiger partial charge in [-0.1, -0.05) is 58.8 Å². The summed E-state index contributed by atoms with van der Waals surface area (Å²) in [5.74, 6) is -1.54. The number of carboxylic acids is 1. The topological polar surface area (TPSA) is 104 Å². The Labute approximate surface area is 247 Å². The van der Waals surface area contributed by atoms with Gasteiger partial charge in [-0.3, -0.25) is 4.79 Å². The van der Waals surface area contributed by atoms with Gasteiger partial charge >= 0.3 is 11.9 Å². The molecule has 230 valence electrons. The van der Waals surface area contributed by atoms with Crippen molar-refractivity contribution in [3.05, 3.63) is 23.3 Å². The fourth-order valence-corrected chi connectivity index (χ4v) is 11.4. The molecule has 4 fully saturated rings. The van der Waals surface area contributed by atoms with E-state index < -0.39 is 35.0 Å². The molecule has 0 amide bonds. The molecule has 11 atom stereocenters. The second-order valence-corrected chi connectivity index (χ2v) is 16.5. The number of aliphatic hydroxyl groups excluding tert-OH is 1. The van der Waals surface area contributed by atoms with E-state index in [4.69, 9.17) is 4.74 Å². The number of carboxylic acid groups (broad SMARTS) is 1. The molecule has 1 unspecified atom stereocenters. The molecule has 0 saturated heterocycles. The molecule has 0 aliphatic heterocycles. The third-order valence-corrected chi connectivity index (χ3v) is 14.2. The number of hydrogen-bond donors (Lipinski definition) is 3. The number of carbonyl (C=O) groups excluding carboxylic acids is 1. The summed E-state index contributed by atoms with van der Waals surface area (Å²) in [6, 6.07) is 0. The quantitative estimate of drug-likeness (QED) is 0.198. The third kappa shape index (κ3) is 3.94. The minimum absolute atomic E-state index is 0.0730. The van der Waals surface area contributed by atoms with Gasteiger partial charge in [0.1, 0.15) is 11.5 Å². The van der Waals surface area contributed by atoms with Crippen LogP contribution < -0.4 is 0 Å². The molecule has 6 heteroatoms. The molecule has 0 aromatic rings. The summed E-state index contributed by atoms with van der Waals surface area (Å²) in [6.07, 6.45) is 8.73. The van der Waals surface area contributed by atoms with Gasteiger partial charge in [-0.15, -0.1) is 0 Å². The van der Waals surface area contributed by atoms with Crippen molar-refractivity contribution in [2.24, 2.45) is 50.7 Å². The predicted octanol–water partition coefficient (Wildman–Crippen LogP) is 6.69. The van der Waals surface area contributed by atoms with E-state index in [9.17, 15) is 24.9 Å². The molecule has 0 bridgehead atoms. The monoisotopic (exact) mass is 570 g/mol. The second-order valence-electron chi connectivity index (χ2n) is 16.5. The zero-order valence-electron chi connectivity index (χ0n) is 26.8. The van der Waals surface area contributed by atoms with Crippen molar-refractivity contribution in [2.45, 2.75) is 131 Å². The number of carbonyl (C=O) groups is 2. The highest BCUT2D eigenvalue weighted by molar-refractivity contribution is 5.84. The summed E-state index contributed by atoms with van der Waals surface area (Å²) < 4.78 is 6.01. The number of rotatable bonds is 3. The molecule has 0 aromatic carbocycles. The maximum atomic E-state index is 13.4. The van der Waals surface area contributed by atoms with Gasteiger partial charge in [0.15, 0.2) is 0 Å². The highest BCUT2D eigenvalue weighted by atomic mass is 16.5. The molecule has 4 saturated carbocycles. The Morgan fingerprint density at radius 1 is 0.976 bits per heavy atom. The maximum absolute atomic E-state index is 13.4. The van der Waals surface area contributed by atoms with Gasteiger partial charge in [0.05, 0.1) is 11.7 Å². The minimum atomic E-state index is -1.38. The zero-order valence-corrected chi connectivity index (χ0v) is 26.8. The number of ether oxygens (including phenoxy) is 1. The van der Waals surface area contributed by atoms with E-state index >= 15 is 0 Å². The molecule has 5 rings (SSSR count). The molecule has 5 aliphatic carbocycles. The molecular formula is C35H54O6. The summed E-state index contributed by atoms with van der Waals surface area (Å²) in [6.45, 7) is 19.1. The van der Waals surface area contributed by atoms with Crippen molar-refractivity contribution in [1.82, 2.24) is 0 Å². The molecule has 0 spiro atoms. The van der Waals surface area contributed by atoms with Crippen LogP contribution in [-0.2, 0) is 14.3 Å². The van der Waals surface area contributed by atoms with E-state index in [0.29, 0.717) is 31.1 Å². The largest absolute Gasteiger partial charge is 0.481 e. The van der Waals surface area contributed by atoms with Crippen LogP contribution in [-0.4, -0.2) is 45.1 Å². The fourth-order valence-electron chi connectivity index (χ4n) is 11.4. The number of hydrogen-bond acceptors (Lipinski definition) is 5. The first-order valence-electron chi connectivity index (χ1n) is 16.0. The van der Waals surface area contributed by atoms with E-state index in [2.05, 4.69) is 40.7 Å². The molecule has 0 radical (unpaired) electrons. The molecule has 0 aromatic heterocycles. The van der Waals surface area contributed by atoms with Gasteiger partial charge in [0.25, 0.3) is 0 Å². The Hall–Kier alpha value is -1.66. The number of allylic oxidation sites excluding steroid dienone is 2. The van der Waals surface area contributed by atoms with Crippen LogP contribution in [0.25, 0.3) is 0 Å². The minimum Gasteiger partial charge on any atom is -0.481 e. The molecule has 41 heavy (non-hydrogen) atoms. The highest BCUT2D eigenvalue weighted by Gasteiger charge is 2.73. The summed E-state index contributed by atoms with van der Waals surface area (Å²) in [4.78, 5) is 26.3. The van der Waals surface area contributed by atoms with Crippen molar-refractivity contribution < 1.29 is 29.6 Å². The lowest BCUT2D eigenvalue weighted by Gasteiger charge is -2.72. The number of aliphatic carboxylic acids is 1. The van der Waals surface area contributed by atoms with Crippen LogP contribution in [0.2, 0.25) is 0 Å². The predicted molar refractivity (Wildman–Crippen MR) is 159 cm³/mol. The summed E-state index contributed by atoms with van der Waals surface area (Å²) in [7, 11) is 0. The summed E-state index contributed by atoms with van der Waals surface area (Å²) >= 11 is 0. The first kappa shape index (κ1) is 30.8. The number of aliphatic hydroxyl groups is 2. The average molecular weight is 571 g/mol. The Morgan fingerprint density at radius 3 is 2.24 bits per heavy atom. The Bertz CT molecular complexity index is 1180. The number of fused-ring (bicyclic) bond motifs is 7. The highest BCUT2D eigenvalue weighted by Crippen LogP contribution is 2.76. The average Bonchev–Trinajstić information content (AvgIpc) is 2.84. The number of esters is 1. The van der Waals surface area contributed by atoms with E-state index in [1.807, 2.05) is 27.7 Å². The van der Waals surface area contributed by atoms with Crippen LogP contribution in [0.4, 0.5) is 0 Å². The van der Waals surface area contributed by atoms with Gasteiger partial charge in [0.2, 0.25) is 0 Å². The second kappa shape index (κ2) is 9.42. The van der Waals surface area contributed by atoms with E-state index in [0.717, 1.165) is 43.3 Å². The van der Waals surface area contributed by atoms with Crippen LogP contribution in [0.1, 0.15) is 114 Å². The normalized spacial score (nSPS) is 50.2. The van der Waals surface area contributed by atoms with Crippen LogP contribution in [0.5, 0.6) is 0 Å². The molecule has 6 nitrogen and oxygen atoms in total. The molecule has 5 aliphatic rings. The zero-order chi connectivity index (χ0) is 30.6. The van der Waals surface area contributed by atoms with Crippen molar-refractivity contribution >= 4 is 11.9 Å². The SMILES string of the molecule is CC(C)=CC(=O)O[C@@H]1C[C@@H](C)C(C)(O)[C@H]2C3=CC[C@@H]4[C@@]5(C)CC[C@H](O)C(C)(C)[C@@H]5CC[C@@]4(C)[C@]3(C)CC[C@]21C(=O)O. The fraction of sp³-hybridized carbons (Fsp3) is 0.829. The summed E-state index contributed by atoms with van der Waals surface area (Å²) in [5, 5.41) is 34.2. The standard InChI is InChI=1S/C35H54O6/c1-20(2)18-27(37)41-26-19-21(3)34(9,40)28-22-10-11-24-31(6)14-13-25(36)30(4,5)23(31)12-15-33(24,8)32(22,7)16-17-35(26,28)29(38)39/h10,18,21,23-26,28,36,40H,11-17,19H2,1-9H3,(H,38,39)/t21-,23+,24-,25+,26-,28-,31+,32-,33-,34?,35-/m1/s1. The van der Waals surface area contributed by atoms with Gasteiger partial charge in [-0.25, -0.2) is 4.79 Å². The first-order chi connectivity index (χ1) is 18.8. The molecule has 3 N–H and O–H groups in total. The Morgan fingerprint density at radius 2 is 1.63 bits per heavy atom. The smallest absolute Gasteiger partial charge is 0.330 e. The summed E-state index contributed by atoms with van der Waals surface area (Å²) in [5.41, 5.74) is -1.19. The van der Waals surface area contributed by atoms with E-state index in [1.54, 1.807) is 0 Å². The molecular weight excluding hydrogens is 516 g/mol. The van der Waals surface area contributed by atoms with Crippen LogP contribution in [0.3, 0.4) is 0 Å². The maximum Gasteiger partial charge on any atom is 0.330 e. The van der Waals surface area contributed by atoms with Crippen LogP contribution >= 0.6 is 0 Å². The van der Waals surface area contributed by atoms with Crippen molar-refractivity contribution in [3.8, 4) is 0 Å². The Balaban J connectivity index is 1.63. The van der Waals surface area contributed by atoms with E-state index in [-0.39, 0.29) is 33.7 Å². The van der Waals surface area contributed by atoms with E-state index in [1.165, 1.54) is 6.08 Å². The lowest BCUT2D eigenvalue weighted by molar-refractivity contribution is -0.236. The Kier molecular flexibility index (Phi) is 7.07. The van der Waals surface area contributed by atoms with Crippen molar-refractivity contribution in [1.29, 1.82) is 0 Å². The lowest BCUT2D eigenvalue weighted by Crippen LogP contribution is -2.70. The molecule has 0 heterocycles. The van der Waals surface area contributed by atoms with Gasteiger partial charge in [-0.05, 0) is 112 Å². The van der Waals surface area contributed by atoms with Gasteiger partial charge in [-0.2, -0.15) is 0 Å². The lowest BCUT2D eigenvalue weighted by atomic mass is 9.33. The van der Waals surface area contributed by atoms with Crippen molar-refractivity contribution in [2.75, 3.05) is 0 Å².